The molecule has 2 atom stereocenters. The van der Waals surface area contributed by atoms with Crippen LogP contribution in [0.5, 0.6) is 0 Å². The van der Waals surface area contributed by atoms with Gasteiger partial charge in [-0.15, -0.1) is 0 Å². The lowest BCUT2D eigenvalue weighted by atomic mass is 9.92. The van der Waals surface area contributed by atoms with Crippen molar-refractivity contribution < 1.29 is 14.4 Å². The van der Waals surface area contributed by atoms with Crippen molar-refractivity contribution in [1.29, 1.82) is 0 Å². The van der Waals surface area contributed by atoms with Crippen molar-refractivity contribution >= 4 is 34.4 Å². The van der Waals surface area contributed by atoms with E-state index in [1.807, 2.05) is 67.7 Å². The summed E-state index contributed by atoms with van der Waals surface area (Å²) in [5.41, 5.74) is 5.81. The molecule has 1 fully saturated rings. The molecule has 6 rings (SSSR count). The molecule has 0 radical (unpaired) electrons. The van der Waals surface area contributed by atoms with Gasteiger partial charge in [-0.05, 0) is 60.5 Å². The van der Waals surface area contributed by atoms with E-state index in [0.29, 0.717) is 31.7 Å². The smallest absolute Gasteiger partial charge is 0.318 e. The molecular weight excluding hydrogens is 540 g/mol. The van der Waals surface area contributed by atoms with Crippen molar-refractivity contribution in [2.45, 2.75) is 31.8 Å². The van der Waals surface area contributed by atoms with Crippen LogP contribution in [0.15, 0.2) is 79.0 Å². The largest absolute Gasteiger partial charge is 0.361 e. The zero-order valence-electron chi connectivity index (χ0n) is 24.7. The Labute approximate surface area is 251 Å². The maximum absolute atomic E-state index is 13.9. The summed E-state index contributed by atoms with van der Waals surface area (Å²) in [4.78, 5) is 49.4. The van der Waals surface area contributed by atoms with Gasteiger partial charge in [0, 0.05) is 73.5 Å². The number of likely N-dealkylation sites (N-methyl/N-ethyl adjacent to an activating group) is 1. The van der Waals surface area contributed by atoms with Crippen LogP contribution in [0.25, 0.3) is 10.9 Å². The molecule has 0 saturated carbocycles. The number of carbonyl (C=O) groups excluding carboxylic acids is 3. The Bertz CT molecular complexity index is 1630. The molecule has 43 heavy (non-hydrogen) atoms. The summed E-state index contributed by atoms with van der Waals surface area (Å²) in [6.07, 6.45) is 2.91. The first-order valence-electron chi connectivity index (χ1n) is 14.9. The summed E-state index contributed by atoms with van der Waals surface area (Å²) >= 11 is 0. The molecule has 0 spiro atoms. The molecule has 1 saturated heterocycles. The highest BCUT2D eigenvalue weighted by Gasteiger charge is 2.33. The highest BCUT2D eigenvalue weighted by atomic mass is 16.2. The lowest BCUT2D eigenvalue weighted by Gasteiger charge is -2.36. The zero-order chi connectivity index (χ0) is 29.9. The first kappa shape index (κ1) is 28.5. The fraction of sp³-hybridized carbons (Fsp3) is 0.324. The fourth-order valence-electron chi connectivity index (χ4n) is 6.16. The van der Waals surface area contributed by atoms with Crippen molar-refractivity contribution in [3.05, 3.63) is 101 Å². The third kappa shape index (κ3) is 6.12. The molecule has 4 aromatic rings. The minimum Gasteiger partial charge on any atom is -0.361 e. The monoisotopic (exact) mass is 578 g/mol. The van der Waals surface area contributed by atoms with Gasteiger partial charge in [-0.3, -0.25) is 9.59 Å². The second-order valence-electron chi connectivity index (χ2n) is 11.6. The molecule has 2 aliphatic rings. The number of carbonyl (C=O) groups is 3. The van der Waals surface area contributed by atoms with E-state index < -0.39 is 6.04 Å². The molecule has 0 aliphatic carbocycles. The number of aromatic nitrogens is 1. The van der Waals surface area contributed by atoms with Crippen LogP contribution < -0.4 is 10.6 Å². The molecule has 3 N–H and O–H groups in total. The van der Waals surface area contributed by atoms with E-state index in [9.17, 15) is 14.4 Å². The maximum Gasteiger partial charge on any atom is 0.318 e. The molecule has 2 unspecified atom stereocenters. The number of para-hydroxylation sites is 1. The number of rotatable bonds is 6. The number of aromatic amines is 1. The standard InChI is InChI=1S/C34H38N6O3/c1-23(29-21-35-30-11-7-6-10-28(29)30)31(32(41)36-27-13-12-24-14-15-38(2)22-26(24)20-27)37-34(43)40-18-16-39(17-19-40)33(42)25-8-4-3-5-9-25/h3-13,20-21,23,31,35H,14-19,22H2,1-2H3,(H,36,41)(H,37,43). The van der Waals surface area contributed by atoms with Gasteiger partial charge < -0.3 is 30.3 Å². The number of fused-ring (bicyclic) bond motifs is 2. The van der Waals surface area contributed by atoms with Crippen LogP contribution in [0.3, 0.4) is 0 Å². The molecule has 2 aliphatic heterocycles. The third-order valence-electron chi connectivity index (χ3n) is 8.73. The number of urea groups is 1. The van der Waals surface area contributed by atoms with Gasteiger partial charge in [0.25, 0.3) is 5.91 Å². The molecule has 222 valence electrons. The number of piperazine rings is 1. The zero-order valence-corrected chi connectivity index (χ0v) is 24.7. The van der Waals surface area contributed by atoms with E-state index >= 15 is 0 Å². The van der Waals surface area contributed by atoms with E-state index in [2.05, 4.69) is 33.6 Å². The Morgan fingerprint density at radius 3 is 2.35 bits per heavy atom. The summed E-state index contributed by atoms with van der Waals surface area (Å²) < 4.78 is 0. The van der Waals surface area contributed by atoms with Crippen LogP contribution in [0.1, 0.15) is 39.9 Å². The topological polar surface area (TPSA) is 101 Å². The van der Waals surface area contributed by atoms with Gasteiger partial charge in [-0.1, -0.05) is 49.4 Å². The fourth-order valence-corrected chi connectivity index (χ4v) is 6.16. The number of nitrogens with one attached hydrogen (secondary N) is 3. The summed E-state index contributed by atoms with van der Waals surface area (Å²) in [5, 5.41) is 7.17. The van der Waals surface area contributed by atoms with Crippen molar-refractivity contribution in [2.75, 3.05) is 45.1 Å². The number of hydrogen-bond acceptors (Lipinski definition) is 4. The normalized spacial score (nSPS) is 16.8. The Morgan fingerprint density at radius 2 is 1.56 bits per heavy atom. The Kier molecular flexibility index (Phi) is 8.16. The summed E-state index contributed by atoms with van der Waals surface area (Å²) in [6.45, 7) is 5.46. The summed E-state index contributed by atoms with van der Waals surface area (Å²) in [5.74, 6) is -0.625. The Hall–Kier alpha value is -4.63. The van der Waals surface area contributed by atoms with E-state index in [0.717, 1.165) is 41.7 Å². The number of H-pyrrole nitrogens is 1. The number of benzene rings is 3. The van der Waals surface area contributed by atoms with Gasteiger partial charge in [-0.2, -0.15) is 0 Å². The lowest BCUT2D eigenvalue weighted by Crippen LogP contribution is -2.57. The van der Waals surface area contributed by atoms with Crippen LogP contribution in [-0.2, 0) is 17.8 Å². The molecule has 4 amide bonds. The number of amides is 4. The van der Waals surface area contributed by atoms with Crippen LogP contribution in [0.4, 0.5) is 10.5 Å². The number of anilines is 1. The molecule has 0 bridgehead atoms. The van der Waals surface area contributed by atoms with Crippen LogP contribution >= 0.6 is 0 Å². The second kappa shape index (κ2) is 12.3. The summed E-state index contributed by atoms with van der Waals surface area (Å²) in [7, 11) is 2.10. The van der Waals surface area contributed by atoms with Crippen molar-refractivity contribution in [1.82, 2.24) is 25.0 Å². The van der Waals surface area contributed by atoms with Crippen molar-refractivity contribution in [3.8, 4) is 0 Å². The van der Waals surface area contributed by atoms with Gasteiger partial charge in [-0.25, -0.2) is 4.79 Å². The SMILES string of the molecule is CC(c1c[nH]c2ccccc12)C(NC(=O)N1CCN(C(=O)c2ccccc2)CC1)C(=O)Nc1ccc2c(c1)CN(C)CC2. The second-order valence-corrected chi connectivity index (χ2v) is 11.6. The molecular formula is C34H38N6O3. The van der Waals surface area contributed by atoms with Gasteiger partial charge in [0.05, 0.1) is 0 Å². The molecule has 9 nitrogen and oxygen atoms in total. The van der Waals surface area contributed by atoms with E-state index in [4.69, 9.17) is 0 Å². The Balaban J connectivity index is 1.19. The first-order chi connectivity index (χ1) is 20.9. The van der Waals surface area contributed by atoms with Gasteiger partial charge in [0.1, 0.15) is 6.04 Å². The van der Waals surface area contributed by atoms with Gasteiger partial charge in [0.15, 0.2) is 0 Å². The lowest BCUT2D eigenvalue weighted by molar-refractivity contribution is -0.118. The predicted octanol–water partition coefficient (Wildman–Crippen LogP) is 4.43. The average molecular weight is 579 g/mol. The van der Waals surface area contributed by atoms with Gasteiger partial charge >= 0.3 is 6.03 Å². The predicted molar refractivity (Wildman–Crippen MR) is 168 cm³/mol. The maximum atomic E-state index is 13.9. The van der Waals surface area contributed by atoms with Crippen LogP contribution in [-0.4, -0.2) is 83.3 Å². The molecule has 3 heterocycles. The summed E-state index contributed by atoms with van der Waals surface area (Å²) in [6, 6.07) is 22.1. The van der Waals surface area contributed by atoms with Crippen molar-refractivity contribution in [2.24, 2.45) is 0 Å². The average Bonchev–Trinajstić information content (AvgIpc) is 3.47. The highest BCUT2D eigenvalue weighted by Crippen LogP contribution is 2.29. The van der Waals surface area contributed by atoms with Crippen molar-refractivity contribution in [3.63, 3.8) is 0 Å². The first-order valence-corrected chi connectivity index (χ1v) is 14.9. The minimum atomic E-state index is -0.825. The highest BCUT2D eigenvalue weighted by molar-refractivity contribution is 5.99. The number of nitrogens with zero attached hydrogens (tertiary/aromatic N) is 3. The quantitative estimate of drug-likeness (QED) is 0.315. The van der Waals surface area contributed by atoms with Gasteiger partial charge in [0.2, 0.25) is 5.91 Å². The van der Waals surface area contributed by atoms with E-state index in [1.165, 1.54) is 11.1 Å². The van der Waals surface area contributed by atoms with Crippen LogP contribution in [0, 0.1) is 0 Å². The van der Waals surface area contributed by atoms with E-state index in [-0.39, 0.29) is 23.8 Å². The molecule has 1 aromatic heterocycles. The number of hydrogen-bond donors (Lipinski definition) is 3. The molecule has 9 heteroatoms. The van der Waals surface area contributed by atoms with E-state index in [1.54, 1.807) is 21.9 Å². The Morgan fingerprint density at radius 1 is 0.837 bits per heavy atom. The minimum absolute atomic E-state index is 0.0397. The molecule has 3 aromatic carbocycles. The van der Waals surface area contributed by atoms with Crippen LogP contribution in [0.2, 0.25) is 0 Å². The third-order valence-corrected chi connectivity index (χ3v) is 8.73.